The number of amides is 3. The van der Waals surface area contributed by atoms with Crippen molar-refractivity contribution in [1.82, 2.24) is 14.9 Å². The fourth-order valence-corrected chi connectivity index (χ4v) is 3.50. The summed E-state index contributed by atoms with van der Waals surface area (Å²) in [7, 11) is 0. The SMILES string of the molecule is CC(Sc1nc2ccccc2c(=O)n1-c1ccc(Cl)cc1)C(=O)NC(N)=O. The van der Waals surface area contributed by atoms with Crippen LogP contribution in [0.4, 0.5) is 4.79 Å². The minimum absolute atomic E-state index is 0.270. The Morgan fingerprint density at radius 3 is 2.52 bits per heavy atom. The van der Waals surface area contributed by atoms with Gasteiger partial charge >= 0.3 is 6.03 Å². The molecule has 138 valence electrons. The first-order chi connectivity index (χ1) is 12.9. The number of carbonyl (C=O) groups is 2. The van der Waals surface area contributed by atoms with E-state index < -0.39 is 17.2 Å². The molecule has 0 aliphatic carbocycles. The van der Waals surface area contributed by atoms with Crippen LogP contribution in [0.1, 0.15) is 6.92 Å². The summed E-state index contributed by atoms with van der Waals surface area (Å²) in [6.45, 7) is 1.59. The molecule has 0 saturated carbocycles. The monoisotopic (exact) mass is 402 g/mol. The van der Waals surface area contributed by atoms with Gasteiger partial charge in [-0.2, -0.15) is 0 Å². The second kappa shape index (κ2) is 7.81. The zero-order valence-corrected chi connectivity index (χ0v) is 15.8. The van der Waals surface area contributed by atoms with Crippen LogP contribution < -0.4 is 16.6 Å². The maximum Gasteiger partial charge on any atom is 0.318 e. The third-order valence-electron chi connectivity index (χ3n) is 3.73. The van der Waals surface area contributed by atoms with Crippen LogP contribution in [-0.2, 0) is 4.79 Å². The number of imide groups is 1. The number of hydrogen-bond acceptors (Lipinski definition) is 5. The number of hydrogen-bond donors (Lipinski definition) is 2. The van der Waals surface area contributed by atoms with Crippen molar-refractivity contribution in [2.75, 3.05) is 0 Å². The second-order valence-corrected chi connectivity index (χ2v) is 7.39. The molecule has 0 bridgehead atoms. The van der Waals surface area contributed by atoms with Gasteiger partial charge in [0.05, 0.1) is 21.8 Å². The van der Waals surface area contributed by atoms with Gasteiger partial charge in [0.15, 0.2) is 5.16 Å². The molecule has 1 unspecified atom stereocenters. The molecule has 7 nitrogen and oxygen atoms in total. The van der Waals surface area contributed by atoms with Crippen molar-refractivity contribution in [2.24, 2.45) is 5.73 Å². The molecule has 0 aliphatic rings. The minimum atomic E-state index is -0.936. The summed E-state index contributed by atoms with van der Waals surface area (Å²) >= 11 is 6.99. The molecule has 3 rings (SSSR count). The van der Waals surface area contributed by atoms with Gasteiger partial charge in [0.2, 0.25) is 5.91 Å². The number of fused-ring (bicyclic) bond motifs is 1. The quantitative estimate of drug-likeness (QED) is 0.515. The first-order valence-corrected chi connectivity index (χ1v) is 9.17. The van der Waals surface area contributed by atoms with E-state index in [1.54, 1.807) is 55.5 Å². The van der Waals surface area contributed by atoms with Gasteiger partial charge in [0.1, 0.15) is 0 Å². The molecule has 1 heterocycles. The van der Waals surface area contributed by atoms with Crippen LogP contribution in [0.5, 0.6) is 0 Å². The number of nitrogens with two attached hydrogens (primary N) is 1. The predicted molar refractivity (Wildman–Crippen MR) is 105 cm³/mol. The number of aromatic nitrogens is 2. The molecule has 3 N–H and O–H groups in total. The molecule has 0 radical (unpaired) electrons. The third-order valence-corrected chi connectivity index (χ3v) is 5.03. The molecule has 1 aromatic heterocycles. The first-order valence-electron chi connectivity index (χ1n) is 7.91. The smallest absolute Gasteiger partial charge is 0.318 e. The maximum atomic E-state index is 13.1. The fourth-order valence-electron chi connectivity index (χ4n) is 2.44. The molecule has 0 aliphatic heterocycles. The van der Waals surface area contributed by atoms with Gasteiger partial charge in [-0.3, -0.25) is 19.5 Å². The van der Waals surface area contributed by atoms with E-state index in [0.29, 0.717) is 26.8 Å². The minimum Gasteiger partial charge on any atom is -0.351 e. The van der Waals surface area contributed by atoms with E-state index in [4.69, 9.17) is 17.3 Å². The highest BCUT2D eigenvalue weighted by Gasteiger charge is 2.21. The lowest BCUT2D eigenvalue weighted by atomic mass is 10.2. The topological polar surface area (TPSA) is 107 Å². The molecule has 2 aromatic carbocycles. The van der Waals surface area contributed by atoms with Gasteiger partial charge in [0, 0.05) is 5.02 Å². The van der Waals surface area contributed by atoms with Crippen LogP contribution in [0.15, 0.2) is 58.5 Å². The zero-order chi connectivity index (χ0) is 19.6. The van der Waals surface area contributed by atoms with Gasteiger partial charge in [-0.15, -0.1) is 0 Å². The van der Waals surface area contributed by atoms with Crippen LogP contribution in [0.25, 0.3) is 16.6 Å². The van der Waals surface area contributed by atoms with Crippen LogP contribution in [0.2, 0.25) is 5.02 Å². The Morgan fingerprint density at radius 1 is 1.19 bits per heavy atom. The number of carbonyl (C=O) groups excluding carboxylic acids is 2. The van der Waals surface area contributed by atoms with Crippen LogP contribution in [0.3, 0.4) is 0 Å². The standard InChI is InChI=1S/C18H15ClN4O3S/c1-10(15(24)22-17(20)26)27-18-21-14-5-3-2-4-13(14)16(25)23(18)12-8-6-11(19)7-9-12/h2-10H,1H3,(H3,20,22,24,26). The summed E-state index contributed by atoms with van der Waals surface area (Å²) in [4.78, 5) is 40.5. The molecule has 0 fully saturated rings. The lowest BCUT2D eigenvalue weighted by Gasteiger charge is -2.16. The molecule has 3 aromatic rings. The maximum absolute atomic E-state index is 13.1. The first kappa shape index (κ1) is 18.9. The van der Waals surface area contributed by atoms with Gasteiger partial charge in [-0.25, -0.2) is 9.78 Å². The number of benzene rings is 2. The molecule has 1 atom stereocenters. The fraction of sp³-hybridized carbons (Fsp3) is 0.111. The van der Waals surface area contributed by atoms with Crippen molar-refractivity contribution in [1.29, 1.82) is 0 Å². The summed E-state index contributed by atoms with van der Waals surface area (Å²) in [6, 6.07) is 12.7. The van der Waals surface area contributed by atoms with E-state index in [-0.39, 0.29) is 5.56 Å². The van der Waals surface area contributed by atoms with Crippen LogP contribution in [0, 0.1) is 0 Å². The van der Waals surface area contributed by atoms with Crippen molar-refractivity contribution < 1.29 is 9.59 Å². The summed E-state index contributed by atoms with van der Waals surface area (Å²) in [6.07, 6.45) is 0. The van der Waals surface area contributed by atoms with Crippen molar-refractivity contribution in [2.45, 2.75) is 17.3 Å². The summed E-state index contributed by atoms with van der Waals surface area (Å²) in [5.41, 5.74) is 5.80. The Hall–Kier alpha value is -2.84. The van der Waals surface area contributed by atoms with Crippen molar-refractivity contribution in [3.8, 4) is 5.69 Å². The Bertz CT molecular complexity index is 1080. The van der Waals surface area contributed by atoms with E-state index in [2.05, 4.69) is 4.98 Å². The van der Waals surface area contributed by atoms with Gasteiger partial charge in [-0.1, -0.05) is 35.5 Å². The molecule has 3 amide bonds. The number of para-hydroxylation sites is 1. The molecular formula is C18H15ClN4O3S. The molecule has 0 saturated heterocycles. The number of rotatable bonds is 4. The van der Waals surface area contributed by atoms with Gasteiger partial charge in [0.25, 0.3) is 5.56 Å². The third kappa shape index (κ3) is 4.12. The molecular weight excluding hydrogens is 388 g/mol. The van der Waals surface area contributed by atoms with Crippen molar-refractivity contribution in [3.05, 3.63) is 63.9 Å². The summed E-state index contributed by atoms with van der Waals surface area (Å²) in [5, 5.41) is 2.62. The van der Waals surface area contributed by atoms with Crippen LogP contribution >= 0.6 is 23.4 Å². The van der Waals surface area contributed by atoms with E-state index in [1.807, 2.05) is 5.32 Å². The van der Waals surface area contributed by atoms with E-state index in [0.717, 1.165) is 11.8 Å². The highest BCUT2D eigenvalue weighted by Crippen LogP contribution is 2.25. The number of nitrogens with one attached hydrogen (secondary N) is 1. The zero-order valence-electron chi connectivity index (χ0n) is 14.2. The highest BCUT2D eigenvalue weighted by molar-refractivity contribution is 8.00. The van der Waals surface area contributed by atoms with E-state index in [9.17, 15) is 14.4 Å². The van der Waals surface area contributed by atoms with E-state index in [1.165, 1.54) is 4.57 Å². The lowest BCUT2D eigenvalue weighted by Crippen LogP contribution is -2.39. The van der Waals surface area contributed by atoms with Crippen LogP contribution in [-0.4, -0.2) is 26.7 Å². The number of nitrogens with zero attached hydrogens (tertiary/aromatic N) is 2. The van der Waals surface area contributed by atoms with Gasteiger partial charge in [-0.05, 0) is 43.3 Å². The average molecular weight is 403 g/mol. The highest BCUT2D eigenvalue weighted by atomic mass is 35.5. The predicted octanol–water partition coefficient (Wildman–Crippen LogP) is 2.71. The Kier molecular flexibility index (Phi) is 5.48. The number of halogens is 1. The average Bonchev–Trinajstić information content (AvgIpc) is 2.62. The molecule has 27 heavy (non-hydrogen) atoms. The molecule has 9 heteroatoms. The number of thioether (sulfide) groups is 1. The second-order valence-electron chi connectivity index (χ2n) is 5.64. The lowest BCUT2D eigenvalue weighted by molar-refractivity contribution is -0.119. The number of urea groups is 1. The van der Waals surface area contributed by atoms with Gasteiger partial charge < -0.3 is 5.73 Å². The van der Waals surface area contributed by atoms with Crippen molar-refractivity contribution in [3.63, 3.8) is 0 Å². The van der Waals surface area contributed by atoms with Crippen molar-refractivity contribution >= 4 is 46.2 Å². The molecule has 0 spiro atoms. The summed E-state index contributed by atoms with van der Waals surface area (Å²) in [5.74, 6) is -0.572. The normalized spacial score (nSPS) is 11.9. The Balaban J connectivity index is 2.13. The summed E-state index contributed by atoms with van der Waals surface area (Å²) < 4.78 is 1.41. The van der Waals surface area contributed by atoms with E-state index >= 15 is 0 Å². The largest absolute Gasteiger partial charge is 0.351 e. The Labute approximate surface area is 163 Å². The number of primary amides is 1. The Morgan fingerprint density at radius 2 is 1.85 bits per heavy atom.